The van der Waals surface area contributed by atoms with Gasteiger partial charge in [-0.25, -0.2) is 8.42 Å². The molecule has 1 aliphatic heterocycles. The first kappa shape index (κ1) is 15.2. The summed E-state index contributed by atoms with van der Waals surface area (Å²) in [6.07, 6.45) is 0.543. The molecule has 18 heavy (non-hydrogen) atoms. The average Bonchev–Trinajstić information content (AvgIpc) is 2.28. The molecule has 0 aromatic rings. The van der Waals surface area contributed by atoms with E-state index in [0.29, 0.717) is 10.7 Å². The summed E-state index contributed by atoms with van der Waals surface area (Å²) in [6.45, 7) is 0.991. The summed E-state index contributed by atoms with van der Waals surface area (Å²) in [5.41, 5.74) is -5.33. The topological polar surface area (TPSA) is 63.7 Å². The van der Waals surface area contributed by atoms with Gasteiger partial charge in [-0.05, 0) is 19.8 Å². The zero-order chi connectivity index (χ0) is 14.0. The van der Waals surface area contributed by atoms with E-state index in [1.54, 1.807) is 6.92 Å². The first-order valence-electron chi connectivity index (χ1n) is 5.43. The molecular formula is C9H14F3NO4S. The van der Waals surface area contributed by atoms with Crippen molar-refractivity contribution in [2.24, 2.45) is 5.92 Å². The molecule has 0 spiro atoms. The van der Waals surface area contributed by atoms with Crippen molar-refractivity contribution in [1.82, 2.24) is 4.31 Å². The minimum Gasteiger partial charge on any atom is -0.466 e. The summed E-state index contributed by atoms with van der Waals surface area (Å²) in [5.74, 6) is -1.48. The minimum absolute atomic E-state index is 0.112. The van der Waals surface area contributed by atoms with Crippen LogP contribution in [0.4, 0.5) is 13.2 Å². The van der Waals surface area contributed by atoms with E-state index in [0.717, 1.165) is 0 Å². The van der Waals surface area contributed by atoms with Crippen LogP contribution in [0.2, 0.25) is 0 Å². The monoisotopic (exact) mass is 289 g/mol. The highest BCUT2D eigenvalue weighted by molar-refractivity contribution is 7.90. The molecule has 1 rings (SSSR count). The number of carbonyl (C=O) groups excluding carboxylic acids is 1. The quantitative estimate of drug-likeness (QED) is 0.730. The Morgan fingerprint density at radius 2 is 2.06 bits per heavy atom. The van der Waals surface area contributed by atoms with Gasteiger partial charge in [-0.1, -0.05) is 0 Å². The summed E-state index contributed by atoms with van der Waals surface area (Å²) in [7, 11) is -5.36. The molecule has 1 heterocycles. The zero-order valence-electron chi connectivity index (χ0n) is 9.74. The highest BCUT2D eigenvalue weighted by atomic mass is 32.2. The van der Waals surface area contributed by atoms with Gasteiger partial charge in [0.25, 0.3) is 0 Å². The van der Waals surface area contributed by atoms with Crippen LogP contribution in [0.5, 0.6) is 0 Å². The third-order valence-corrected chi connectivity index (χ3v) is 4.23. The zero-order valence-corrected chi connectivity index (χ0v) is 10.6. The molecule has 0 aromatic carbocycles. The molecule has 0 aliphatic carbocycles. The van der Waals surface area contributed by atoms with Crippen LogP contribution in [-0.4, -0.2) is 43.9 Å². The van der Waals surface area contributed by atoms with Gasteiger partial charge in [0, 0.05) is 13.1 Å². The normalized spacial score (nSPS) is 22.8. The van der Waals surface area contributed by atoms with Crippen molar-refractivity contribution in [3.05, 3.63) is 0 Å². The Labute approximate surface area is 103 Å². The van der Waals surface area contributed by atoms with Crippen molar-refractivity contribution in [1.29, 1.82) is 0 Å². The number of hydrogen-bond donors (Lipinski definition) is 0. The number of esters is 1. The van der Waals surface area contributed by atoms with E-state index in [1.165, 1.54) is 0 Å². The second-order valence-corrected chi connectivity index (χ2v) is 5.83. The second-order valence-electron chi connectivity index (χ2n) is 3.90. The molecule has 106 valence electrons. The van der Waals surface area contributed by atoms with Gasteiger partial charge in [-0.3, -0.25) is 4.79 Å². The van der Waals surface area contributed by atoms with E-state index >= 15 is 0 Å². The molecule has 0 amide bonds. The summed E-state index contributed by atoms with van der Waals surface area (Å²) in [5, 5.41) is 0. The molecule has 9 heteroatoms. The van der Waals surface area contributed by atoms with Crippen molar-refractivity contribution in [2.45, 2.75) is 25.3 Å². The number of nitrogens with zero attached hydrogens (tertiary/aromatic N) is 1. The SMILES string of the molecule is CCOC(=O)C1CCCN(S(=O)(=O)C(F)(F)F)C1. The molecule has 5 nitrogen and oxygen atoms in total. The number of piperidine rings is 1. The third kappa shape index (κ3) is 3.14. The highest BCUT2D eigenvalue weighted by Crippen LogP contribution is 2.30. The second kappa shape index (κ2) is 5.43. The van der Waals surface area contributed by atoms with Gasteiger partial charge in [0.1, 0.15) is 0 Å². The van der Waals surface area contributed by atoms with Crippen LogP contribution < -0.4 is 0 Å². The van der Waals surface area contributed by atoms with Crippen LogP contribution in [0, 0.1) is 5.92 Å². The van der Waals surface area contributed by atoms with Crippen molar-refractivity contribution in [3.63, 3.8) is 0 Å². The van der Waals surface area contributed by atoms with Crippen LogP contribution >= 0.6 is 0 Å². The Bertz CT molecular complexity index is 407. The lowest BCUT2D eigenvalue weighted by Crippen LogP contribution is -2.47. The number of hydrogen-bond acceptors (Lipinski definition) is 4. The Kier molecular flexibility index (Phi) is 4.60. The predicted octanol–water partition coefficient (Wildman–Crippen LogP) is 1.11. The van der Waals surface area contributed by atoms with E-state index in [2.05, 4.69) is 4.74 Å². The third-order valence-electron chi connectivity index (χ3n) is 2.64. The van der Waals surface area contributed by atoms with Crippen LogP contribution in [0.25, 0.3) is 0 Å². The summed E-state index contributed by atoms with van der Waals surface area (Å²) in [6, 6.07) is 0. The standard InChI is InChI=1S/C9H14F3NO4S/c1-2-17-8(14)7-4-3-5-13(6-7)18(15,16)9(10,11)12/h7H,2-6H2,1H3. The van der Waals surface area contributed by atoms with Crippen molar-refractivity contribution >= 4 is 16.0 Å². The van der Waals surface area contributed by atoms with Gasteiger partial charge in [0.15, 0.2) is 0 Å². The fourth-order valence-corrected chi connectivity index (χ4v) is 2.80. The summed E-state index contributed by atoms with van der Waals surface area (Å²) in [4.78, 5) is 11.4. The molecule has 1 fully saturated rings. The van der Waals surface area contributed by atoms with Crippen molar-refractivity contribution < 1.29 is 31.1 Å². The lowest BCUT2D eigenvalue weighted by Gasteiger charge is -2.30. The maximum atomic E-state index is 12.3. The van der Waals surface area contributed by atoms with E-state index in [-0.39, 0.29) is 19.6 Å². The van der Waals surface area contributed by atoms with E-state index in [4.69, 9.17) is 0 Å². The molecule has 0 bridgehead atoms. The fourth-order valence-electron chi connectivity index (χ4n) is 1.76. The molecule has 0 saturated carbocycles. The molecular weight excluding hydrogens is 275 g/mol. The van der Waals surface area contributed by atoms with Gasteiger partial charge < -0.3 is 4.74 Å². The summed E-state index contributed by atoms with van der Waals surface area (Å²) >= 11 is 0. The number of alkyl halides is 3. The molecule has 1 atom stereocenters. The van der Waals surface area contributed by atoms with Crippen LogP contribution in [-0.2, 0) is 19.6 Å². The molecule has 1 saturated heterocycles. The van der Waals surface area contributed by atoms with E-state index < -0.39 is 34.0 Å². The number of rotatable bonds is 3. The fraction of sp³-hybridized carbons (Fsp3) is 0.889. The molecule has 1 unspecified atom stereocenters. The Hall–Kier alpha value is -0.830. The van der Waals surface area contributed by atoms with E-state index in [9.17, 15) is 26.4 Å². The van der Waals surface area contributed by atoms with Gasteiger partial charge in [-0.2, -0.15) is 17.5 Å². The lowest BCUT2D eigenvalue weighted by atomic mass is 10.0. The number of halogens is 3. The maximum absolute atomic E-state index is 12.3. The smallest absolute Gasteiger partial charge is 0.466 e. The van der Waals surface area contributed by atoms with Gasteiger partial charge in [0.2, 0.25) is 0 Å². The molecule has 0 aromatic heterocycles. The van der Waals surface area contributed by atoms with Gasteiger partial charge >= 0.3 is 21.5 Å². The first-order chi connectivity index (χ1) is 8.20. The van der Waals surface area contributed by atoms with Crippen molar-refractivity contribution in [2.75, 3.05) is 19.7 Å². The minimum atomic E-state index is -5.36. The Morgan fingerprint density at radius 1 is 1.44 bits per heavy atom. The highest BCUT2D eigenvalue weighted by Gasteiger charge is 2.51. The number of sulfonamides is 1. The maximum Gasteiger partial charge on any atom is 0.511 e. The van der Waals surface area contributed by atoms with E-state index in [1.807, 2.05) is 0 Å². The Balaban J connectivity index is 2.79. The largest absolute Gasteiger partial charge is 0.511 e. The average molecular weight is 289 g/mol. The van der Waals surface area contributed by atoms with Crippen LogP contribution in [0.15, 0.2) is 0 Å². The number of ether oxygens (including phenoxy) is 1. The lowest BCUT2D eigenvalue weighted by molar-refractivity contribution is -0.149. The van der Waals surface area contributed by atoms with Crippen molar-refractivity contribution in [3.8, 4) is 0 Å². The molecule has 1 aliphatic rings. The van der Waals surface area contributed by atoms with Gasteiger partial charge in [0.05, 0.1) is 12.5 Å². The first-order valence-corrected chi connectivity index (χ1v) is 6.87. The van der Waals surface area contributed by atoms with Gasteiger partial charge in [-0.15, -0.1) is 0 Å². The molecule has 0 N–H and O–H groups in total. The summed E-state index contributed by atoms with van der Waals surface area (Å²) < 4.78 is 64.4. The Morgan fingerprint density at radius 3 is 2.56 bits per heavy atom. The number of carbonyl (C=O) groups is 1. The van der Waals surface area contributed by atoms with Crippen LogP contribution in [0.3, 0.4) is 0 Å². The predicted molar refractivity (Wildman–Crippen MR) is 55.9 cm³/mol. The van der Waals surface area contributed by atoms with Crippen LogP contribution in [0.1, 0.15) is 19.8 Å². The molecule has 0 radical (unpaired) electrons.